The van der Waals surface area contributed by atoms with Crippen molar-refractivity contribution in [3.63, 3.8) is 0 Å². The fraction of sp³-hybridized carbons (Fsp3) is 0.520. The Morgan fingerprint density at radius 3 is 2.32 bits per heavy atom. The molecule has 1 aromatic rings. The summed E-state index contributed by atoms with van der Waals surface area (Å²) in [6.45, 7) is 0. The van der Waals surface area contributed by atoms with E-state index in [9.17, 15) is 39.0 Å². The lowest BCUT2D eigenvalue weighted by molar-refractivity contribution is -0.181. The number of nitrogens with zero attached hydrogens (tertiary/aromatic N) is 2. The summed E-state index contributed by atoms with van der Waals surface area (Å²) in [4.78, 5) is 81.3. The van der Waals surface area contributed by atoms with Gasteiger partial charge in [-0.25, -0.2) is 0 Å². The van der Waals surface area contributed by atoms with E-state index in [4.69, 9.17) is 17.3 Å². The number of primary amides is 1. The van der Waals surface area contributed by atoms with E-state index in [1.54, 1.807) is 19.0 Å². The first-order valence-corrected chi connectivity index (χ1v) is 12.5. The molecule has 1 aromatic carbocycles. The summed E-state index contributed by atoms with van der Waals surface area (Å²) < 4.78 is 0. The molecule has 2 fully saturated rings. The Hall–Kier alpha value is -3.35. The van der Waals surface area contributed by atoms with E-state index >= 15 is 0 Å². The molecule has 6 atom stereocenters. The van der Waals surface area contributed by atoms with Crippen molar-refractivity contribution in [1.82, 2.24) is 4.90 Å². The third kappa shape index (κ3) is 3.81. The van der Waals surface area contributed by atoms with Crippen LogP contribution < -0.4 is 16.0 Å². The number of aromatic hydroxyl groups is 1. The van der Waals surface area contributed by atoms with E-state index in [-0.39, 0.29) is 24.1 Å². The second-order valence-electron chi connectivity index (χ2n) is 10.5. The van der Waals surface area contributed by atoms with Crippen LogP contribution in [-0.2, 0) is 30.4 Å². The third-order valence-corrected chi connectivity index (χ3v) is 8.16. The van der Waals surface area contributed by atoms with Crippen molar-refractivity contribution >= 4 is 57.9 Å². The van der Waals surface area contributed by atoms with Gasteiger partial charge in [0.25, 0.3) is 0 Å². The number of phenolic OH excluding ortho intramolecular Hbond substituents is 1. The maximum absolute atomic E-state index is 13.9. The van der Waals surface area contributed by atoms with Gasteiger partial charge in [-0.05, 0) is 44.5 Å². The number of rotatable bonds is 5. The third-order valence-electron chi connectivity index (χ3n) is 7.92. The number of anilines is 2. The molecule has 4 unspecified atom stereocenters. The van der Waals surface area contributed by atoms with Gasteiger partial charge in [-0.15, -0.1) is 11.6 Å². The van der Waals surface area contributed by atoms with Crippen LogP contribution in [0.1, 0.15) is 22.3 Å². The van der Waals surface area contributed by atoms with Crippen molar-refractivity contribution in [1.29, 1.82) is 0 Å². The summed E-state index contributed by atoms with van der Waals surface area (Å²) in [6.07, 6.45) is 0.0545. The molecule has 0 heterocycles. The molecule has 2 amide bonds. The highest BCUT2D eigenvalue weighted by molar-refractivity contribution is 6.33. The molecule has 2 saturated carbocycles. The Balaban J connectivity index is 1.89. The zero-order chi connectivity index (χ0) is 28.4. The minimum Gasteiger partial charge on any atom is -0.505 e. The molecule has 204 valence electrons. The van der Waals surface area contributed by atoms with E-state index < -0.39 is 81.9 Å². The first-order chi connectivity index (χ1) is 17.7. The molecule has 0 radical (unpaired) electrons. The largest absolute Gasteiger partial charge is 0.505 e. The maximum atomic E-state index is 13.9. The van der Waals surface area contributed by atoms with Crippen molar-refractivity contribution in [3.8, 4) is 5.75 Å². The second kappa shape index (κ2) is 9.44. The number of likely N-dealkylation sites (N-methyl/N-ethyl adjacent to an activating group) is 1. The number of alkyl halides is 1. The van der Waals surface area contributed by atoms with Gasteiger partial charge in [0.15, 0.2) is 34.7 Å². The highest BCUT2D eigenvalue weighted by Gasteiger charge is 2.69. The highest BCUT2D eigenvalue weighted by Crippen LogP contribution is 2.52. The van der Waals surface area contributed by atoms with Gasteiger partial charge in [0, 0.05) is 25.7 Å². The number of halogens is 1. The summed E-state index contributed by atoms with van der Waals surface area (Å²) in [6, 6.07) is 0.312. The number of benzene rings is 1. The fourth-order valence-corrected chi connectivity index (χ4v) is 6.40. The second-order valence-corrected chi connectivity index (χ2v) is 10.8. The monoisotopic (exact) mass is 548 g/mol. The number of fused-ring (bicyclic) bond motifs is 3. The van der Waals surface area contributed by atoms with Crippen molar-refractivity contribution < 1.29 is 39.0 Å². The number of phenols is 1. The van der Waals surface area contributed by atoms with Crippen LogP contribution >= 0.6 is 11.6 Å². The lowest BCUT2D eigenvalue weighted by atomic mass is 9.52. The summed E-state index contributed by atoms with van der Waals surface area (Å²) in [7, 11) is 6.44. The molecule has 0 aromatic heterocycles. The van der Waals surface area contributed by atoms with E-state index in [1.165, 1.54) is 25.1 Å². The van der Waals surface area contributed by atoms with Crippen molar-refractivity contribution in [2.75, 3.05) is 44.3 Å². The predicted octanol–water partition coefficient (Wildman–Crippen LogP) is -0.890. The molecule has 38 heavy (non-hydrogen) atoms. The van der Waals surface area contributed by atoms with E-state index in [2.05, 4.69) is 5.32 Å². The van der Waals surface area contributed by atoms with Crippen LogP contribution in [0.4, 0.5) is 11.4 Å². The number of aliphatic hydroxyl groups is 1. The van der Waals surface area contributed by atoms with Gasteiger partial charge in [-0.2, -0.15) is 0 Å². The number of ketones is 4. The zero-order valence-corrected chi connectivity index (χ0v) is 22.0. The highest BCUT2D eigenvalue weighted by atomic mass is 35.5. The number of amides is 2. The lowest BCUT2D eigenvalue weighted by Crippen LogP contribution is -2.74. The molecule has 12 nitrogen and oxygen atoms in total. The first kappa shape index (κ1) is 27.7. The Labute approximate surface area is 223 Å². The molecule has 13 heteroatoms. The minimum atomic E-state index is -2.80. The first-order valence-electron chi connectivity index (χ1n) is 11.9. The Kier molecular flexibility index (Phi) is 6.87. The van der Waals surface area contributed by atoms with Crippen molar-refractivity contribution in [2.45, 2.75) is 24.5 Å². The molecule has 0 bridgehead atoms. The van der Waals surface area contributed by atoms with Gasteiger partial charge >= 0.3 is 0 Å². The van der Waals surface area contributed by atoms with Crippen LogP contribution in [0.15, 0.2) is 6.07 Å². The molecular formula is C25H29ClN4O8. The SMILES string of the molecule is CN(C)c1cc(NC(=O)CCl)c(O)c2c1CC1CC3[C@H](N(C)C)C(=O)C(C(N)=O)C(=O)[C@@]3(O)C(=O)C1C2=O. The molecular weight excluding hydrogens is 520 g/mol. The van der Waals surface area contributed by atoms with Crippen LogP contribution in [0.5, 0.6) is 5.75 Å². The number of hydrogen-bond acceptors (Lipinski definition) is 10. The van der Waals surface area contributed by atoms with E-state index in [0.29, 0.717) is 11.3 Å². The van der Waals surface area contributed by atoms with E-state index in [0.717, 1.165) is 0 Å². The zero-order valence-electron chi connectivity index (χ0n) is 21.3. The van der Waals surface area contributed by atoms with Crippen LogP contribution in [0, 0.1) is 23.7 Å². The normalized spacial score (nSPS) is 30.4. The van der Waals surface area contributed by atoms with Crippen LogP contribution in [-0.4, -0.2) is 95.8 Å². The maximum Gasteiger partial charge on any atom is 0.239 e. The number of nitrogens with one attached hydrogen (secondary N) is 1. The van der Waals surface area contributed by atoms with Gasteiger partial charge in [0.2, 0.25) is 11.8 Å². The van der Waals surface area contributed by atoms with Gasteiger partial charge in [0.05, 0.1) is 23.2 Å². The Morgan fingerprint density at radius 1 is 1.16 bits per heavy atom. The van der Waals surface area contributed by atoms with Crippen LogP contribution in [0.2, 0.25) is 0 Å². The lowest BCUT2D eigenvalue weighted by Gasteiger charge is -2.52. The molecule has 0 aliphatic heterocycles. The number of hydrogen-bond donors (Lipinski definition) is 4. The number of Topliss-reactive ketones (excluding diaryl/α,β-unsaturated/α-hetero) is 4. The molecule has 3 aliphatic carbocycles. The summed E-state index contributed by atoms with van der Waals surface area (Å²) in [5.74, 6) is -12.5. The Morgan fingerprint density at radius 2 is 1.79 bits per heavy atom. The molecule has 0 saturated heterocycles. The molecule has 5 N–H and O–H groups in total. The molecule has 3 aliphatic rings. The number of carbonyl (C=O) groups is 6. The standard InChI is InChI=1S/C25H29ClN4O8/c1-29(2)13-7-12(28-14(31)8-26)19(32)16-10(13)5-9-6-11-18(30(3)4)21(34)17(24(27)37)23(36)25(11,38)22(35)15(9)20(16)33/h7,9,11,15,17-18,32,38H,5-6,8H2,1-4H3,(H2,27,37)(H,28,31)/t9?,11?,15?,17?,18-,25-/m0/s1. The quantitative estimate of drug-likeness (QED) is 0.204. The average Bonchev–Trinajstić information content (AvgIpc) is 2.82. The summed E-state index contributed by atoms with van der Waals surface area (Å²) >= 11 is 5.58. The van der Waals surface area contributed by atoms with Gasteiger partial charge in [-0.1, -0.05) is 0 Å². The molecule has 0 spiro atoms. The number of nitrogens with two attached hydrogens (primary N) is 1. The van der Waals surface area contributed by atoms with Gasteiger partial charge in [0.1, 0.15) is 11.6 Å². The minimum absolute atomic E-state index is 0.0533. The van der Waals surface area contributed by atoms with Crippen molar-refractivity contribution in [3.05, 3.63) is 17.2 Å². The molecule has 4 rings (SSSR count). The fourth-order valence-electron chi connectivity index (χ4n) is 6.33. The van der Waals surface area contributed by atoms with Crippen LogP contribution in [0.25, 0.3) is 0 Å². The van der Waals surface area contributed by atoms with Crippen LogP contribution in [0.3, 0.4) is 0 Å². The Bertz CT molecular complexity index is 1290. The van der Waals surface area contributed by atoms with Crippen molar-refractivity contribution in [2.24, 2.45) is 29.4 Å². The predicted molar refractivity (Wildman–Crippen MR) is 135 cm³/mol. The average molecular weight is 549 g/mol. The number of carbonyl (C=O) groups excluding carboxylic acids is 6. The van der Waals surface area contributed by atoms with E-state index in [1.807, 2.05) is 0 Å². The summed E-state index contributed by atoms with van der Waals surface area (Å²) in [5.41, 5.74) is 3.13. The summed E-state index contributed by atoms with van der Waals surface area (Å²) in [5, 5.41) is 25.0. The smallest absolute Gasteiger partial charge is 0.239 e. The van der Waals surface area contributed by atoms with Gasteiger partial charge < -0.3 is 26.2 Å². The van der Waals surface area contributed by atoms with Gasteiger partial charge in [-0.3, -0.25) is 33.7 Å². The topological polar surface area (TPSA) is 187 Å².